The largest absolute Gasteiger partial charge is 0.466 e. The van der Waals surface area contributed by atoms with Crippen LogP contribution in [-0.2, 0) is 19.1 Å². The number of likely N-dealkylation sites (tertiary alicyclic amines) is 1. The molecule has 0 spiro atoms. The molecule has 7 heteroatoms. The van der Waals surface area contributed by atoms with Gasteiger partial charge in [-0.15, -0.1) is 0 Å². The molecule has 0 aromatic carbocycles. The lowest BCUT2D eigenvalue weighted by molar-refractivity contribution is -0.144. The summed E-state index contributed by atoms with van der Waals surface area (Å²) in [5, 5.41) is 2.55. The summed E-state index contributed by atoms with van der Waals surface area (Å²) in [6.45, 7) is 7.28. The van der Waals surface area contributed by atoms with E-state index < -0.39 is 17.7 Å². The maximum absolute atomic E-state index is 12.1. The third kappa shape index (κ3) is 5.24. The van der Waals surface area contributed by atoms with Crippen LogP contribution in [0.3, 0.4) is 0 Å². The fraction of sp³-hybridized carbons (Fsp3) is 0.786. The second-order valence-corrected chi connectivity index (χ2v) is 6.05. The number of carbonyl (C=O) groups is 3. The molecule has 0 saturated carbocycles. The molecule has 2 atom stereocenters. The molecule has 0 radical (unpaired) electrons. The quantitative estimate of drug-likeness (QED) is 0.785. The van der Waals surface area contributed by atoms with Crippen molar-refractivity contribution in [1.29, 1.82) is 0 Å². The van der Waals surface area contributed by atoms with Gasteiger partial charge in [-0.1, -0.05) is 0 Å². The van der Waals surface area contributed by atoms with Crippen molar-refractivity contribution < 1.29 is 23.9 Å². The summed E-state index contributed by atoms with van der Waals surface area (Å²) >= 11 is 0. The zero-order chi connectivity index (χ0) is 16.2. The summed E-state index contributed by atoms with van der Waals surface area (Å²) in [7, 11) is 1.61. The number of alkyl carbamates (subject to hydrolysis) is 1. The average molecular weight is 300 g/mol. The second kappa shape index (κ2) is 6.78. The van der Waals surface area contributed by atoms with Crippen LogP contribution in [0, 0.1) is 0 Å². The van der Waals surface area contributed by atoms with Crippen molar-refractivity contribution in [2.75, 3.05) is 13.7 Å². The molecule has 1 aliphatic rings. The van der Waals surface area contributed by atoms with E-state index in [1.165, 1.54) is 4.90 Å². The molecule has 2 amide bonds. The van der Waals surface area contributed by atoms with Crippen LogP contribution in [-0.4, -0.2) is 54.2 Å². The van der Waals surface area contributed by atoms with Crippen molar-refractivity contribution >= 4 is 18.0 Å². The standard InChI is InChI=1S/C14H24N2O5/c1-6-20-11(17)8-9-7-10(12(18)16(9)5)15-13(19)21-14(2,3)4/h9-10H,6-8H2,1-5H3,(H,15,19)/t9?,10-/m0/s1. The van der Waals surface area contributed by atoms with Gasteiger partial charge in [0.15, 0.2) is 0 Å². The summed E-state index contributed by atoms with van der Waals surface area (Å²) in [5.41, 5.74) is -0.623. The molecule has 0 aromatic heterocycles. The number of nitrogens with one attached hydrogen (secondary N) is 1. The highest BCUT2D eigenvalue weighted by Gasteiger charge is 2.39. The van der Waals surface area contributed by atoms with Gasteiger partial charge in [0.2, 0.25) is 5.91 Å². The zero-order valence-electron chi connectivity index (χ0n) is 13.3. The average Bonchev–Trinajstić information content (AvgIpc) is 2.55. The summed E-state index contributed by atoms with van der Waals surface area (Å²) in [4.78, 5) is 36.7. The number of ether oxygens (including phenoxy) is 2. The van der Waals surface area contributed by atoms with E-state index in [9.17, 15) is 14.4 Å². The van der Waals surface area contributed by atoms with Crippen LogP contribution in [0.5, 0.6) is 0 Å². The Balaban J connectivity index is 2.56. The molecule has 1 heterocycles. The fourth-order valence-corrected chi connectivity index (χ4v) is 2.16. The van der Waals surface area contributed by atoms with Gasteiger partial charge in [-0.3, -0.25) is 9.59 Å². The lowest BCUT2D eigenvalue weighted by Crippen LogP contribution is -2.43. The smallest absolute Gasteiger partial charge is 0.408 e. The van der Waals surface area contributed by atoms with Crippen molar-refractivity contribution in [3.63, 3.8) is 0 Å². The summed E-state index contributed by atoms with van der Waals surface area (Å²) in [5.74, 6) is -0.574. The highest BCUT2D eigenvalue weighted by molar-refractivity contribution is 5.88. The van der Waals surface area contributed by atoms with E-state index >= 15 is 0 Å². The fourth-order valence-electron chi connectivity index (χ4n) is 2.16. The minimum atomic E-state index is -0.663. The van der Waals surface area contributed by atoms with Crippen LogP contribution in [0.25, 0.3) is 0 Å². The molecule has 21 heavy (non-hydrogen) atoms. The molecule has 1 unspecified atom stereocenters. The molecule has 0 bridgehead atoms. The van der Waals surface area contributed by atoms with Crippen LogP contribution in [0.15, 0.2) is 0 Å². The lowest BCUT2D eigenvalue weighted by Gasteiger charge is -2.21. The molecule has 0 aromatic rings. The van der Waals surface area contributed by atoms with Crippen molar-refractivity contribution in [1.82, 2.24) is 10.2 Å². The Labute approximate surface area is 124 Å². The van der Waals surface area contributed by atoms with Gasteiger partial charge in [0, 0.05) is 13.1 Å². The van der Waals surface area contributed by atoms with E-state index in [1.807, 2.05) is 0 Å². The number of rotatable bonds is 4. The number of esters is 1. The van der Waals surface area contributed by atoms with E-state index in [-0.39, 0.29) is 24.3 Å². The van der Waals surface area contributed by atoms with Gasteiger partial charge in [0.1, 0.15) is 11.6 Å². The molecule has 1 fully saturated rings. The van der Waals surface area contributed by atoms with Gasteiger partial charge in [-0.05, 0) is 34.1 Å². The first-order chi connectivity index (χ1) is 9.64. The Kier molecular flexibility index (Phi) is 5.57. The molecular formula is C14H24N2O5. The molecule has 120 valence electrons. The normalized spacial score (nSPS) is 22.1. The summed E-state index contributed by atoms with van der Waals surface area (Å²) in [6, 6.07) is -0.930. The van der Waals surface area contributed by atoms with Crippen molar-refractivity contribution in [2.45, 2.75) is 58.2 Å². The minimum absolute atomic E-state index is 0.128. The SMILES string of the molecule is CCOC(=O)CC1C[C@H](NC(=O)OC(C)(C)C)C(=O)N1C. The Morgan fingerprint density at radius 2 is 2.00 bits per heavy atom. The Morgan fingerprint density at radius 1 is 1.38 bits per heavy atom. The Hall–Kier alpha value is -1.79. The first-order valence-corrected chi connectivity index (χ1v) is 7.06. The predicted molar refractivity (Wildman–Crippen MR) is 75.6 cm³/mol. The van der Waals surface area contributed by atoms with E-state index in [1.54, 1.807) is 34.7 Å². The topological polar surface area (TPSA) is 84.9 Å². The van der Waals surface area contributed by atoms with Crippen molar-refractivity contribution in [2.24, 2.45) is 0 Å². The third-order valence-corrected chi connectivity index (χ3v) is 3.10. The van der Waals surface area contributed by atoms with E-state index in [2.05, 4.69) is 5.32 Å². The molecule has 1 N–H and O–H groups in total. The van der Waals surface area contributed by atoms with Crippen LogP contribution in [0.1, 0.15) is 40.5 Å². The molecule has 1 rings (SSSR count). The van der Waals surface area contributed by atoms with Crippen LogP contribution >= 0.6 is 0 Å². The van der Waals surface area contributed by atoms with Gasteiger partial charge in [0.05, 0.1) is 13.0 Å². The predicted octanol–water partition coefficient (Wildman–Crippen LogP) is 1.06. The van der Waals surface area contributed by atoms with E-state index in [4.69, 9.17) is 9.47 Å². The third-order valence-electron chi connectivity index (χ3n) is 3.10. The number of carbonyl (C=O) groups excluding carboxylic acids is 3. The Morgan fingerprint density at radius 3 is 2.52 bits per heavy atom. The molecule has 7 nitrogen and oxygen atoms in total. The van der Waals surface area contributed by atoms with E-state index in [0.29, 0.717) is 13.0 Å². The number of nitrogens with zero attached hydrogens (tertiary/aromatic N) is 1. The summed E-state index contributed by atoms with van der Waals surface area (Å²) in [6.07, 6.45) is -0.137. The van der Waals surface area contributed by atoms with Gasteiger partial charge >= 0.3 is 12.1 Å². The zero-order valence-corrected chi connectivity index (χ0v) is 13.3. The Bertz CT molecular complexity index is 416. The number of likely N-dealkylation sites (N-methyl/N-ethyl adjacent to an activating group) is 1. The molecular weight excluding hydrogens is 276 g/mol. The monoisotopic (exact) mass is 300 g/mol. The van der Waals surface area contributed by atoms with Gasteiger partial charge in [0.25, 0.3) is 0 Å². The number of amides is 2. The molecule has 1 aliphatic heterocycles. The van der Waals surface area contributed by atoms with Gasteiger partial charge in [-0.2, -0.15) is 0 Å². The highest BCUT2D eigenvalue weighted by Crippen LogP contribution is 2.21. The van der Waals surface area contributed by atoms with Gasteiger partial charge in [-0.25, -0.2) is 4.79 Å². The maximum atomic E-state index is 12.1. The summed E-state index contributed by atoms with van der Waals surface area (Å²) < 4.78 is 10.0. The second-order valence-electron chi connectivity index (χ2n) is 6.05. The van der Waals surface area contributed by atoms with Crippen molar-refractivity contribution in [3.05, 3.63) is 0 Å². The minimum Gasteiger partial charge on any atom is -0.466 e. The lowest BCUT2D eigenvalue weighted by atomic mass is 10.1. The molecule has 0 aliphatic carbocycles. The maximum Gasteiger partial charge on any atom is 0.408 e. The van der Waals surface area contributed by atoms with E-state index in [0.717, 1.165) is 0 Å². The molecule has 1 saturated heterocycles. The first kappa shape index (κ1) is 17.3. The number of hydrogen-bond acceptors (Lipinski definition) is 5. The van der Waals surface area contributed by atoms with Crippen LogP contribution in [0.2, 0.25) is 0 Å². The van der Waals surface area contributed by atoms with Crippen LogP contribution in [0.4, 0.5) is 4.79 Å². The first-order valence-electron chi connectivity index (χ1n) is 7.06. The van der Waals surface area contributed by atoms with Crippen LogP contribution < -0.4 is 5.32 Å². The highest BCUT2D eigenvalue weighted by atomic mass is 16.6. The van der Waals surface area contributed by atoms with Gasteiger partial charge < -0.3 is 19.7 Å². The number of hydrogen-bond donors (Lipinski definition) is 1. The van der Waals surface area contributed by atoms with Crippen molar-refractivity contribution in [3.8, 4) is 0 Å².